The Labute approximate surface area is 201 Å². The lowest BCUT2D eigenvalue weighted by Gasteiger charge is -2.07. The molecule has 0 radical (unpaired) electrons. The molecule has 34 heavy (non-hydrogen) atoms. The molecule has 170 valence electrons. The van der Waals surface area contributed by atoms with E-state index in [2.05, 4.69) is 15.5 Å². The van der Waals surface area contributed by atoms with Crippen molar-refractivity contribution in [3.63, 3.8) is 0 Å². The second kappa shape index (κ2) is 8.40. The fourth-order valence-corrected chi connectivity index (χ4v) is 5.07. The van der Waals surface area contributed by atoms with Crippen LogP contribution in [0, 0.1) is 17.0 Å². The Balaban J connectivity index is 1.48. The maximum Gasteiger partial charge on any atom is 0.287 e. The number of rotatable bonds is 5. The number of ether oxygens (including phenoxy) is 1. The summed E-state index contributed by atoms with van der Waals surface area (Å²) in [6.07, 6.45) is 0. The van der Waals surface area contributed by atoms with Crippen LogP contribution in [0.1, 0.15) is 15.2 Å². The summed E-state index contributed by atoms with van der Waals surface area (Å²) in [6.45, 7) is 1.85. The molecule has 3 aromatic carbocycles. The van der Waals surface area contributed by atoms with Gasteiger partial charge < -0.3 is 10.1 Å². The maximum atomic E-state index is 13.1. The first-order valence-corrected chi connectivity index (χ1v) is 11.2. The third kappa shape index (κ3) is 3.72. The summed E-state index contributed by atoms with van der Waals surface area (Å²) in [5.41, 5.74) is 3.26. The molecule has 2 aromatic heterocycles. The number of nitro benzene ring substituents is 1. The molecule has 2 heterocycles. The Bertz CT molecular complexity index is 1590. The van der Waals surface area contributed by atoms with Crippen LogP contribution in [0.4, 0.5) is 11.4 Å². The number of thiophene rings is 1. The summed E-state index contributed by atoms with van der Waals surface area (Å²) in [5.74, 6) is 0.275. The lowest BCUT2D eigenvalue weighted by molar-refractivity contribution is -0.382. The lowest BCUT2D eigenvalue weighted by Crippen LogP contribution is -2.11. The van der Waals surface area contributed by atoms with Gasteiger partial charge in [0.05, 0.1) is 22.7 Å². The predicted molar refractivity (Wildman–Crippen MR) is 132 cm³/mol. The van der Waals surface area contributed by atoms with Crippen molar-refractivity contribution in [1.82, 2.24) is 15.0 Å². The number of aryl methyl sites for hydroxylation is 1. The SMILES string of the molecule is COc1ccc(-n2nc3cc(C)c(NC(=O)c4sc5c([N+](=O)[O-])cccc5c4Cl)cc3n2)cc1. The molecule has 0 aliphatic heterocycles. The van der Waals surface area contributed by atoms with Crippen LogP contribution >= 0.6 is 22.9 Å². The number of methoxy groups -OCH3 is 1. The first-order valence-electron chi connectivity index (χ1n) is 10.0. The van der Waals surface area contributed by atoms with Crippen molar-refractivity contribution in [3.8, 4) is 11.4 Å². The standard InChI is InChI=1S/C23H16ClN5O4S/c1-12-10-17-18(27-28(26-17)13-6-8-14(33-2)9-7-13)11-16(12)25-23(30)22-20(24)15-4-3-5-19(29(31)32)21(15)34-22/h3-11H,1-2H3,(H,25,30). The smallest absolute Gasteiger partial charge is 0.287 e. The van der Waals surface area contributed by atoms with E-state index in [-0.39, 0.29) is 15.6 Å². The number of nitro groups is 1. The van der Waals surface area contributed by atoms with E-state index in [1.165, 1.54) is 10.9 Å². The summed E-state index contributed by atoms with van der Waals surface area (Å²) < 4.78 is 5.54. The highest BCUT2D eigenvalue weighted by Crippen LogP contribution is 2.40. The molecular formula is C23H16ClN5O4S. The molecule has 0 atom stereocenters. The van der Waals surface area contributed by atoms with Gasteiger partial charge in [-0.15, -0.1) is 21.5 Å². The monoisotopic (exact) mass is 493 g/mol. The molecule has 0 bridgehead atoms. The van der Waals surface area contributed by atoms with Crippen LogP contribution in [0.2, 0.25) is 5.02 Å². The zero-order valence-electron chi connectivity index (χ0n) is 17.9. The number of halogens is 1. The second-order valence-electron chi connectivity index (χ2n) is 7.45. The van der Waals surface area contributed by atoms with Crippen molar-refractivity contribution in [1.29, 1.82) is 0 Å². The number of nitrogens with zero attached hydrogens (tertiary/aromatic N) is 4. The molecule has 0 saturated carbocycles. The molecule has 9 nitrogen and oxygen atoms in total. The van der Waals surface area contributed by atoms with Gasteiger partial charge in [-0.1, -0.05) is 23.7 Å². The number of anilines is 1. The summed E-state index contributed by atoms with van der Waals surface area (Å²) in [5, 5.41) is 23.9. The number of aromatic nitrogens is 3. The molecular weight excluding hydrogens is 478 g/mol. The van der Waals surface area contributed by atoms with E-state index in [1.54, 1.807) is 25.3 Å². The van der Waals surface area contributed by atoms with Gasteiger partial charge in [0.25, 0.3) is 11.6 Å². The topological polar surface area (TPSA) is 112 Å². The molecule has 0 unspecified atom stereocenters. The largest absolute Gasteiger partial charge is 0.497 e. The zero-order chi connectivity index (χ0) is 24.0. The minimum atomic E-state index is -0.485. The van der Waals surface area contributed by atoms with E-state index in [4.69, 9.17) is 16.3 Å². The quantitative estimate of drug-likeness (QED) is 0.246. The normalized spacial score (nSPS) is 11.1. The van der Waals surface area contributed by atoms with Crippen LogP contribution in [-0.4, -0.2) is 32.9 Å². The number of non-ortho nitro benzene ring substituents is 1. The van der Waals surface area contributed by atoms with Gasteiger partial charge in [-0.2, -0.15) is 4.80 Å². The van der Waals surface area contributed by atoms with E-state index in [0.717, 1.165) is 28.3 Å². The van der Waals surface area contributed by atoms with Gasteiger partial charge in [-0.05, 0) is 48.9 Å². The average molecular weight is 494 g/mol. The Morgan fingerprint density at radius 3 is 2.53 bits per heavy atom. The number of hydrogen-bond donors (Lipinski definition) is 1. The fourth-order valence-electron chi connectivity index (χ4n) is 3.58. The maximum absolute atomic E-state index is 13.1. The summed E-state index contributed by atoms with van der Waals surface area (Å²) in [7, 11) is 1.60. The first-order chi connectivity index (χ1) is 16.4. The summed E-state index contributed by atoms with van der Waals surface area (Å²) in [4.78, 5) is 25.6. The van der Waals surface area contributed by atoms with Gasteiger partial charge in [-0.25, -0.2) is 0 Å². The number of nitrogens with one attached hydrogen (secondary N) is 1. The Morgan fingerprint density at radius 2 is 1.85 bits per heavy atom. The molecule has 0 fully saturated rings. The van der Waals surface area contributed by atoms with Crippen LogP contribution in [0.3, 0.4) is 0 Å². The van der Waals surface area contributed by atoms with Crippen molar-refractivity contribution in [2.24, 2.45) is 0 Å². The Morgan fingerprint density at radius 1 is 1.15 bits per heavy atom. The van der Waals surface area contributed by atoms with Gasteiger partial charge in [0, 0.05) is 17.1 Å². The number of fused-ring (bicyclic) bond motifs is 2. The molecule has 5 rings (SSSR count). The van der Waals surface area contributed by atoms with Crippen LogP contribution in [0.15, 0.2) is 54.6 Å². The highest BCUT2D eigenvalue weighted by molar-refractivity contribution is 7.22. The van der Waals surface area contributed by atoms with Crippen LogP contribution in [0.25, 0.3) is 26.8 Å². The Kier molecular flexibility index (Phi) is 5.39. The summed E-state index contributed by atoms with van der Waals surface area (Å²) in [6, 6.07) is 15.5. The number of hydrogen-bond acceptors (Lipinski definition) is 7. The molecule has 1 N–H and O–H groups in total. The van der Waals surface area contributed by atoms with Crippen molar-refractivity contribution < 1.29 is 14.5 Å². The number of benzene rings is 3. The minimum absolute atomic E-state index is 0.0869. The number of amides is 1. The van der Waals surface area contributed by atoms with E-state index in [9.17, 15) is 14.9 Å². The molecule has 0 aliphatic carbocycles. The third-order valence-corrected chi connectivity index (χ3v) is 7.05. The van der Waals surface area contributed by atoms with Gasteiger partial charge >= 0.3 is 0 Å². The predicted octanol–water partition coefficient (Wildman–Crippen LogP) is 5.77. The van der Waals surface area contributed by atoms with E-state index in [0.29, 0.717) is 26.8 Å². The van der Waals surface area contributed by atoms with Gasteiger partial charge in [0.2, 0.25) is 0 Å². The molecule has 0 aliphatic rings. The molecule has 11 heteroatoms. The van der Waals surface area contributed by atoms with E-state index in [1.807, 2.05) is 37.3 Å². The number of carbonyl (C=O) groups is 1. The lowest BCUT2D eigenvalue weighted by atomic mass is 10.1. The van der Waals surface area contributed by atoms with Crippen molar-refractivity contribution in [2.45, 2.75) is 6.92 Å². The molecule has 0 saturated heterocycles. The van der Waals surface area contributed by atoms with Crippen molar-refractivity contribution in [2.75, 3.05) is 12.4 Å². The molecule has 5 aromatic rings. The van der Waals surface area contributed by atoms with E-state index < -0.39 is 10.8 Å². The fraction of sp³-hybridized carbons (Fsp3) is 0.0870. The molecule has 0 spiro atoms. The van der Waals surface area contributed by atoms with Crippen LogP contribution in [-0.2, 0) is 0 Å². The second-order valence-corrected chi connectivity index (χ2v) is 8.85. The van der Waals surface area contributed by atoms with Crippen LogP contribution in [0.5, 0.6) is 5.75 Å². The van der Waals surface area contributed by atoms with Gasteiger partial charge in [-0.3, -0.25) is 14.9 Å². The Hall–Kier alpha value is -4.02. The van der Waals surface area contributed by atoms with Gasteiger partial charge in [0.1, 0.15) is 26.4 Å². The number of carbonyl (C=O) groups excluding carboxylic acids is 1. The van der Waals surface area contributed by atoms with E-state index >= 15 is 0 Å². The van der Waals surface area contributed by atoms with Gasteiger partial charge in [0.15, 0.2) is 0 Å². The highest BCUT2D eigenvalue weighted by Gasteiger charge is 2.23. The first kappa shape index (κ1) is 21.8. The average Bonchev–Trinajstić information content (AvgIpc) is 3.40. The highest BCUT2D eigenvalue weighted by atomic mass is 35.5. The third-order valence-electron chi connectivity index (χ3n) is 5.32. The van der Waals surface area contributed by atoms with Crippen molar-refractivity contribution >= 4 is 61.3 Å². The minimum Gasteiger partial charge on any atom is -0.497 e. The molecule has 1 amide bonds. The zero-order valence-corrected chi connectivity index (χ0v) is 19.5. The van der Waals surface area contributed by atoms with Crippen LogP contribution < -0.4 is 10.1 Å². The van der Waals surface area contributed by atoms with Crippen molar-refractivity contribution in [3.05, 3.63) is 80.2 Å². The summed E-state index contributed by atoms with van der Waals surface area (Å²) >= 11 is 7.41.